The van der Waals surface area contributed by atoms with E-state index in [0.29, 0.717) is 5.41 Å². The summed E-state index contributed by atoms with van der Waals surface area (Å²) in [6.45, 7) is 15.8. The molecule has 1 aromatic rings. The Morgan fingerprint density at radius 1 is 1.00 bits per heavy atom. The van der Waals surface area contributed by atoms with Crippen LogP contribution < -0.4 is 10.1 Å². The van der Waals surface area contributed by atoms with Crippen LogP contribution >= 0.6 is 0 Å². The zero-order chi connectivity index (χ0) is 14.5. The topological polar surface area (TPSA) is 21.3 Å². The maximum atomic E-state index is 5.89. The molecular formula is C17H29NO. The molecule has 1 aromatic carbocycles. The minimum absolute atomic E-state index is 0.401. The third-order valence-electron chi connectivity index (χ3n) is 3.18. The lowest BCUT2D eigenvalue weighted by Crippen LogP contribution is -2.25. The fourth-order valence-electron chi connectivity index (χ4n) is 2.21. The molecule has 0 heterocycles. The summed E-state index contributed by atoms with van der Waals surface area (Å²) >= 11 is 0. The van der Waals surface area contributed by atoms with E-state index in [1.807, 2.05) is 0 Å². The SMILES string of the molecule is Cc1cc(C)c(OCCNCCC(C)(C)C)c(C)c1. The highest BCUT2D eigenvalue weighted by Crippen LogP contribution is 2.24. The van der Waals surface area contributed by atoms with Gasteiger partial charge >= 0.3 is 0 Å². The van der Waals surface area contributed by atoms with E-state index >= 15 is 0 Å². The van der Waals surface area contributed by atoms with Crippen LogP contribution in [0.4, 0.5) is 0 Å². The molecular weight excluding hydrogens is 234 g/mol. The molecule has 0 bridgehead atoms. The first kappa shape index (κ1) is 16.0. The quantitative estimate of drug-likeness (QED) is 0.783. The third kappa shape index (κ3) is 6.11. The molecule has 0 aliphatic rings. The zero-order valence-corrected chi connectivity index (χ0v) is 13.4. The van der Waals surface area contributed by atoms with E-state index < -0.39 is 0 Å². The van der Waals surface area contributed by atoms with Crippen LogP contribution in [0.3, 0.4) is 0 Å². The zero-order valence-electron chi connectivity index (χ0n) is 13.4. The van der Waals surface area contributed by atoms with Gasteiger partial charge in [0.25, 0.3) is 0 Å². The molecule has 1 N–H and O–H groups in total. The highest BCUT2D eigenvalue weighted by molar-refractivity contribution is 5.42. The normalized spacial score (nSPS) is 11.7. The van der Waals surface area contributed by atoms with Gasteiger partial charge in [0.2, 0.25) is 0 Å². The standard InChI is InChI=1S/C17H29NO/c1-13-11-14(2)16(15(3)12-13)19-10-9-18-8-7-17(4,5)6/h11-12,18H,7-10H2,1-6H3. The molecule has 0 spiro atoms. The number of rotatable bonds is 6. The van der Waals surface area contributed by atoms with Crippen LogP contribution in [0.1, 0.15) is 43.9 Å². The first-order valence-electron chi connectivity index (χ1n) is 7.21. The fraction of sp³-hybridized carbons (Fsp3) is 0.647. The highest BCUT2D eigenvalue weighted by atomic mass is 16.5. The van der Waals surface area contributed by atoms with Gasteiger partial charge in [-0.3, -0.25) is 0 Å². The van der Waals surface area contributed by atoms with Crippen molar-refractivity contribution < 1.29 is 4.74 Å². The van der Waals surface area contributed by atoms with Crippen LogP contribution in [-0.2, 0) is 0 Å². The summed E-state index contributed by atoms with van der Waals surface area (Å²) in [5.74, 6) is 1.04. The summed E-state index contributed by atoms with van der Waals surface area (Å²) in [7, 11) is 0. The maximum Gasteiger partial charge on any atom is 0.125 e. The van der Waals surface area contributed by atoms with E-state index in [9.17, 15) is 0 Å². The van der Waals surface area contributed by atoms with Crippen LogP contribution in [0, 0.1) is 26.2 Å². The average Bonchev–Trinajstić information content (AvgIpc) is 2.24. The van der Waals surface area contributed by atoms with Gasteiger partial charge in [-0.05, 0) is 50.3 Å². The minimum Gasteiger partial charge on any atom is -0.492 e. The van der Waals surface area contributed by atoms with Crippen LogP contribution in [0.2, 0.25) is 0 Å². The van der Waals surface area contributed by atoms with Crippen LogP contribution in [0.25, 0.3) is 0 Å². The van der Waals surface area contributed by atoms with Crippen molar-refractivity contribution in [1.29, 1.82) is 0 Å². The monoisotopic (exact) mass is 263 g/mol. The lowest BCUT2D eigenvalue weighted by molar-refractivity contribution is 0.301. The summed E-state index contributed by atoms with van der Waals surface area (Å²) in [5, 5.41) is 3.44. The summed E-state index contributed by atoms with van der Waals surface area (Å²) in [5.41, 5.74) is 4.16. The van der Waals surface area contributed by atoms with Crippen LogP contribution in [-0.4, -0.2) is 19.7 Å². The molecule has 0 atom stereocenters. The van der Waals surface area contributed by atoms with Gasteiger partial charge in [-0.2, -0.15) is 0 Å². The van der Waals surface area contributed by atoms with Crippen molar-refractivity contribution in [2.45, 2.75) is 48.0 Å². The Kier molecular flexibility index (Phi) is 5.86. The number of aryl methyl sites for hydroxylation is 3. The number of ether oxygens (including phenoxy) is 1. The van der Waals surface area contributed by atoms with E-state index in [2.05, 4.69) is 59.0 Å². The molecule has 2 heteroatoms. The van der Waals surface area contributed by atoms with E-state index in [1.165, 1.54) is 23.1 Å². The van der Waals surface area contributed by atoms with Gasteiger partial charge in [0.15, 0.2) is 0 Å². The van der Waals surface area contributed by atoms with Crippen molar-refractivity contribution in [3.63, 3.8) is 0 Å². The summed E-state index contributed by atoms with van der Waals surface area (Å²) in [6, 6.07) is 4.35. The number of hydrogen-bond acceptors (Lipinski definition) is 2. The van der Waals surface area contributed by atoms with Gasteiger partial charge in [-0.1, -0.05) is 38.5 Å². The predicted octanol–water partition coefficient (Wildman–Crippen LogP) is 4.02. The molecule has 0 aromatic heterocycles. The first-order chi connectivity index (χ1) is 8.79. The largest absolute Gasteiger partial charge is 0.492 e. The summed E-state index contributed by atoms with van der Waals surface area (Å²) in [4.78, 5) is 0. The molecule has 0 radical (unpaired) electrons. The molecule has 1 rings (SSSR count). The fourth-order valence-corrected chi connectivity index (χ4v) is 2.21. The molecule has 108 valence electrons. The van der Waals surface area contributed by atoms with Crippen LogP contribution in [0.15, 0.2) is 12.1 Å². The molecule has 0 unspecified atom stereocenters. The molecule has 0 fully saturated rings. The molecule has 0 saturated heterocycles. The van der Waals surface area contributed by atoms with E-state index in [-0.39, 0.29) is 0 Å². The number of benzene rings is 1. The predicted molar refractivity (Wildman–Crippen MR) is 83.1 cm³/mol. The number of nitrogens with one attached hydrogen (secondary N) is 1. The Hall–Kier alpha value is -1.02. The Balaban J connectivity index is 2.30. The molecule has 0 amide bonds. The second kappa shape index (κ2) is 6.95. The van der Waals surface area contributed by atoms with Crippen molar-refractivity contribution in [2.75, 3.05) is 19.7 Å². The number of hydrogen-bond donors (Lipinski definition) is 1. The third-order valence-corrected chi connectivity index (χ3v) is 3.18. The van der Waals surface area contributed by atoms with Gasteiger partial charge in [0.05, 0.1) is 0 Å². The Labute approximate surface area is 118 Å². The minimum atomic E-state index is 0.401. The molecule has 0 aliphatic heterocycles. The second-order valence-corrected chi connectivity index (χ2v) is 6.64. The van der Waals surface area contributed by atoms with Gasteiger partial charge < -0.3 is 10.1 Å². The Morgan fingerprint density at radius 3 is 2.11 bits per heavy atom. The van der Waals surface area contributed by atoms with Crippen molar-refractivity contribution in [2.24, 2.45) is 5.41 Å². The van der Waals surface area contributed by atoms with Crippen molar-refractivity contribution >= 4 is 0 Å². The van der Waals surface area contributed by atoms with Crippen molar-refractivity contribution in [1.82, 2.24) is 5.32 Å². The average molecular weight is 263 g/mol. The van der Waals surface area contributed by atoms with Gasteiger partial charge in [0, 0.05) is 6.54 Å². The van der Waals surface area contributed by atoms with Crippen molar-refractivity contribution in [3.05, 3.63) is 28.8 Å². The van der Waals surface area contributed by atoms with E-state index in [0.717, 1.165) is 25.4 Å². The summed E-state index contributed by atoms with van der Waals surface area (Å²) in [6.07, 6.45) is 1.19. The van der Waals surface area contributed by atoms with Gasteiger partial charge in [0.1, 0.15) is 12.4 Å². The first-order valence-corrected chi connectivity index (χ1v) is 7.21. The molecule has 2 nitrogen and oxygen atoms in total. The second-order valence-electron chi connectivity index (χ2n) is 6.64. The van der Waals surface area contributed by atoms with E-state index in [1.54, 1.807) is 0 Å². The summed E-state index contributed by atoms with van der Waals surface area (Å²) < 4.78 is 5.89. The smallest absolute Gasteiger partial charge is 0.125 e. The Morgan fingerprint density at radius 2 is 1.58 bits per heavy atom. The molecule has 0 saturated carbocycles. The van der Waals surface area contributed by atoms with Gasteiger partial charge in [-0.25, -0.2) is 0 Å². The molecule has 19 heavy (non-hydrogen) atoms. The molecule has 0 aliphatic carbocycles. The van der Waals surface area contributed by atoms with Crippen molar-refractivity contribution in [3.8, 4) is 5.75 Å². The Bertz CT molecular complexity index is 381. The van der Waals surface area contributed by atoms with E-state index in [4.69, 9.17) is 4.74 Å². The lowest BCUT2D eigenvalue weighted by Gasteiger charge is -2.18. The lowest BCUT2D eigenvalue weighted by atomic mass is 9.92. The van der Waals surface area contributed by atoms with Crippen LogP contribution in [0.5, 0.6) is 5.75 Å². The van der Waals surface area contributed by atoms with Gasteiger partial charge in [-0.15, -0.1) is 0 Å². The highest BCUT2D eigenvalue weighted by Gasteiger charge is 2.09. The maximum absolute atomic E-state index is 5.89.